The van der Waals surface area contributed by atoms with Crippen molar-refractivity contribution in [3.8, 4) is 0 Å². The Bertz CT molecular complexity index is 96.1. The maximum absolute atomic E-state index is 4.04. The summed E-state index contributed by atoms with van der Waals surface area (Å²) in [5, 5.41) is 0. The first-order chi connectivity index (χ1) is 6.31. The average Bonchev–Trinajstić information content (AvgIpc) is 2.16. The van der Waals surface area contributed by atoms with Gasteiger partial charge in [-0.05, 0) is 13.3 Å². The highest BCUT2D eigenvalue weighted by atomic mass is 32.1. The first-order valence-corrected chi connectivity index (χ1v) is 6.15. The molecule has 0 aromatic heterocycles. The molecule has 1 N–H and O–H groups in total. The van der Waals surface area contributed by atoms with Crippen LogP contribution in [-0.2, 0) is 0 Å². The van der Waals surface area contributed by atoms with Crippen molar-refractivity contribution in [1.29, 1.82) is 0 Å². The molecule has 0 aliphatic rings. The van der Waals surface area contributed by atoms with Crippen molar-refractivity contribution in [2.75, 3.05) is 0 Å². The second kappa shape index (κ2) is 10.4. The van der Waals surface area contributed by atoms with Crippen LogP contribution in [0.5, 0.6) is 0 Å². The monoisotopic (exact) mass is 203 g/mol. The largest absolute Gasteiger partial charge is 0.264 e. The summed E-state index contributed by atoms with van der Waals surface area (Å²) in [6.07, 6.45) is 11.0. The number of nitrogens with one attached hydrogen (secondary N) is 1. The highest BCUT2D eigenvalue weighted by Gasteiger charge is 1.97. The fourth-order valence-electron chi connectivity index (χ4n) is 1.47. The quantitative estimate of drug-likeness (QED) is 0.427. The van der Waals surface area contributed by atoms with Gasteiger partial charge in [0.15, 0.2) is 0 Å². The van der Waals surface area contributed by atoms with Gasteiger partial charge < -0.3 is 0 Å². The topological polar surface area (TPSA) is 12.0 Å². The summed E-state index contributed by atoms with van der Waals surface area (Å²) in [6, 6.07) is 0.568. The van der Waals surface area contributed by atoms with Gasteiger partial charge in [0.2, 0.25) is 0 Å². The van der Waals surface area contributed by atoms with Crippen LogP contribution in [0.1, 0.15) is 65.2 Å². The summed E-state index contributed by atoms with van der Waals surface area (Å²) in [6.45, 7) is 4.45. The van der Waals surface area contributed by atoms with Gasteiger partial charge in [0, 0.05) is 6.04 Å². The van der Waals surface area contributed by atoms with Crippen LogP contribution in [0, 0.1) is 0 Å². The van der Waals surface area contributed by atoms with Gasteiger partial charge >= 0.3 is 0 Å². The van der Waals surface area contributed by atoms with Crippen LogP contribution >= 0.6 is 12.8 Å². The zero-order valence-electron chi connectivity index (χ0n) is 9.18. The number of rotatable bonds is 9. The molecule has 0 spiro atoms. The molecule has 80 valence electrons. The molecule has 2 heteroatoms. The Hall–Kier alpha value is 0.310. The van der Waals surface area contributed by atoms with E-state index in [0.29, 0.717) is 6.04 Å². The van der Waals surface area contributed by atoms with Crippen LogP contribution in [0.3, 0.4) is 0 Å². The second-order valence-electron chi connectivity index (χ2n) is 3.94. The molecule has 0 rings (SSSR count). The molecule has 0 saturated heterocycles. The molecular formula is C11H25NS. The average molecular weight is 203 g/mol. The van der Waals surface area contributed by atoms with Crippen LogP contribution in [0.4, 0.5) is 0 Å². The first-order valence-electron chi connectivity index (χ1n) is 5.70. The van der Waals surface area contributed by atoms with Crippen molar-refractivity contribution in [2.24, 2.45) is 0 Å². The molecular weight excluding hydrogens is 178 g/mol. The van der Waals surface area contributed by atoms with Crippen molar-refractivity contribution in [2.45, 2.75) is 71.3 Å². The lowest BCUT2D eigenvalue weighted by atomic mass is 10.1. The maximum atomic E-state index is 4.04. The predicted octanol–water partition coefficient (Wildman–Crippen LogP) is 3.95. The summed E-state index contributed by atoms with van der Waals surface area (Å²) in [5.41, 5.74) is 0. The standard InChI is InChI=1S/C11H25NS/c1-3-4-5-6-7-8-9-10-11(2)12-13/h11-13H,3-10H2,1-2H3. The summed E-state index contributed by atoms with van der Waals surface area (Å²) < 4.78 is 2.97. The molecule has 0 saturated carbocycles. The van der Waals surface area contributed by atoms with Crippen LogP contribution < -0.4 is 4.72 Å². The van der Waals surface area contributed by atoms with E-state index in [4.69, 9.17) is 0 Å². The van der Waals surface area contributed by atoms with Gasteiger partial charge in [0.05, 0.1) is 0 Å². The first kappa shape index (κ1) is 13.3. The summed E-state index contributed by atoms with van der Waals surface area (Å²) >= 11 is 4.04. The number of hydrogen-bond acceptors (Lipinski definition) is 2. The van der Waals surface area contributed by atoms with Gasteiger partial charge in [0.25, 0.3) is 0 Å². The Kier molecular flexibility index (Phi) is 10.6. The van der Waals surface area contributed by atoms with Crippen molar-refractivity contribution in [3.63, 3.8) is 0 Å². The molecule has 0 aliphatic heterocycles. The molecule has 0 fully saturated rings. The van der Waals surface area contributed by atoms with Crippen LogP contribution in [0.15, 0.2) is 0 Å². The third-order valence-corrected chi connectivity index (χ3v) is 2.90. The molecule has 0 amide bonds. The lowest BCUT2D eigenvalue weighted by Crippen LogP contribution is -2.15. The van der Waals surface area contributed by atoms with E-state index in [1.807, 2.05) is 0 Å². The minimum atomic E-state index is 0.568. The van der Waals surface area contributed by atoms with Crippen LogP contribution in [0.25, 0.3) is 0 Å². The summed E-state index contributed by atoms with van der Waals surface area (Å²) in [4.78, 5) is 0. The zero-order valence-corrected chi connectivity index (χ0v) is 10.1. The van der Waals surface area contributed by atoms with E-state index in [9.17, 15) is 0 Å². The number of hydrogen-bond donors (Lipinski definition) is 2. The normalized spacial score (nSPS) is 13.2. The molecule has 13 heavy (non-hydrogen) atoms. The lowest BCUT2D eigenvalue weighted by molar-refractivity contribution is 0.535. The van der Waals surface area contributed by atoms with E-state index in [1.165, 1.54) is 51.4 Å². The van der Waals surface area contributed by atoms with E-state index in [-0.39, 0.29) is 0 Å². The van der Waals surface area contributed by atoms with Crippen molar-refractivity contribution in [1.82, 2.24) is 4.72 Å². The van der Waals surface area contributed by atoms with E-state index >= 15 is 0 Å². The van der Waals surface area contributed by atoms with Gasteiger partial charge in [-0.25, -0.2) is 0 Å². The number of unbranched alkanes of at least 4 members (excludes halogenated alkanes) is 6. The van der Waals surface area contributed by atoms with Crippen LogP contribution in [-0.4, -0.2) is 6.04 Å². The molecule has 0 heterocycles. The second-order valence-corrected chi connectivity index (χ2v) is 4.20. The summed E-state index contributed by atoms with van der Waals surface area (Å²) in [5.74, 6) is 0. The van der Waals surface area contributed by atoms with Crippen molar-refractivity contribution >= 4 is 12.8 Å². The van der Waals surface area contributed by atoms with Gasteiger partial charge in [0.1, 0.15) is 0 Å². The predicted molar refractivity (Wildman–Crippen MR) is 64.2 cm³/mol. The van der Waals surface area contributed by atoms with E-state index in [0.717, 1.165) is 0 Å². The highest BCUT2D eigenvalue weighted by molar-refractivity contribution is 7.78. The SMILES string of the molecule is CCCCCCCCCC(C)NS. The van der Waals surface area contributed by atoms with Crippen molar-refractivity contribution < 1.29 is 0 Å². The molecule has 1 atom stereocenters. The van der Waals surface area contributed by atoms with E-state index in [1.54, 1.807) is 0 Å². The van der Waals surface area contributed by atoms with E-state index < -0.39 is 0 Å². The maximum Gasteiger partial charge on any atom is 0.0141 e. The van der Waals surface area contributed by atoms with Crippen molar-refractivity contribution in [3.05, 3.63) is 0 Å². The van der Waals surface area contributed by atoms with Gasteiger partial charge in [-0.15, -0.1) is 0 Å². The Balaban J connectivity index is 2.91. The Morgan fingerprint density at radius 1 is 1.00 bits per heavy atom. The Morgan fingerprint density at radius 2 is 1.54 bits per heavy atom. The number of thiol groups is 1. The van der Waals surface area contributed by atoms with Gasteiger partial charge in [-0.1, -0.05) is 64.7 Å². The molecule has 0 aromatic carbocycles. The third-order valence-electron chi connectivity index (χ3n) is 2.46. The molecule has 1 nitrogen and oxygen atoms in total. The zero-order chi connectivity index (χ0) is 9.94. The minimum Gasteiger partial charge on any atom is -0.264 e. The lowest BCUT2D eigenvalue weighted by Gasteiger charge is -2.08. The smallest absolute Gasteiger partial charge is 0.0141 e. The third kappa shape index (κ3) is 10.2. The minimum absolute atomic E-state index is 0.568. The van der Waals surface area contributed by atoms with Crippen LogP contribution in [0.2, 0.25) is 0 Å². The highest BCUT2D eigenvalue weighted by Crippen LogP contribution is 2.09. The van der Waals surface area contributed by atoms with E-state index in [2.05, 4.69) is 31.4 Å². The van der Waals surface area contributed by atoms with Gasteiger partial charge in [-0.2, -0.15) is 0 Å². The molecule has 0 aromatic rings. The Labute approximate surface area is 89.2 Å². The Morgan fingerprint density at radius 3 is 2.08 bits per heavy atom. The fraction of sp³-hybridized carbons (Fsp3) is 1.00. The van der Waals surface area contributed by atoms with Gasteiger partial charge in [-0.3, -0.25) is 4.72 Å². The molecule has 0 radical (unpaired) electrons. The molecule has 0 aliphatic carbocycles. The molecule has 1 unspecified atom stereocenters. The molecule has 0 bridgehead atoms. The fourth-order valence-corrected chi connectivity index (χ4v) is 1.60. The summed E-state index contributed by atoms with van der Waals surface area (Å²) in [7, 11) is 0.